The number of benzene rings is 1. The van der Waals surface area contributed by atoms with Crippen LogP contribution in [-0.2, 0) is 11.3 Å². The van der Waals surface area contributed by atoms with Gasteiger partial charge in [-0.3, -0.25) is 4.79 Å². The zero-order chi connectivity index (χ0) is 16.7. The van der Waals surface area contributed by atoms with E-state index in [1.54, 1.807) is 12.3 Å². The lowest BCUT2D eigenvalue weighted by molar-refractivity contribution is -0.115. The summed E-state index contributed by atoms with van der Waals surface area (Å²) >= 11 is 0. The predicted octanol–water partition coefficient (Wildman–Crippen LogP) is 2.75. The van der Waals surface area contributed by atoms with Gasteiger partial charge in [0.05, 0.1) is 23.4 Å². The highest BCUT2D eigenvalue weighted by atomic mass is 19.1. The van der Waals surface area contributed by atoms with E-state index < -0.39 is 0 Å². The number of pyridine rings is 1. The molecule has 1 aromatic carbocycles. The number of fused-ring (bicyclic) bond motifs is 2. The van der Waals surface area contributed by atoms with Gasteiger partial charge in [-0.1, -0.05) is 0 Å². The first-order chi connectivity index (χ1) is 11.6. The predicted molar refractivity (Wildman–Crippen MR) is 89.3 cm³/mol. The van der Waals surface area contributed by atoms with Gasteiger partial charge in [0.1, 0.15) is 11.6 Å². The molecule has 2 N–H and O–H groups in total. The topological polar surface area (TPSA) is 73.9 Å². The summed E-state index contributed by atoms with van der Waals surface area (Å²) in [6, 6.07) is 6.35. The number of nitrogens with zero attached hydrogens (tertiary/aromatic N) is 3. The molecule has 3 aromatic rings. The minimum absolute atomic E-state index is 0.119. The Bertz CT molecular complexity index is 936. The summed E-state index contributed by atoms with van der Waals surface area (Å²) in [7, 11) is 0. The van der Waals surface area contributed by atoms with E-state index in [-0.39, 0.29) is 11.7 Å². The number of amides is 1. The second kappa shape index (κ2) is 5.59. The minimum Gasteiger partial charge on any atom is -0.362 e. The Morgan fingerprint density at radius 2 is 2.21 bits per heavy atom. The first kappa shape index (κ1) is 14.6. The second-order valence-corrected chi connectivity index (χ2v) is 5.89. The number of rotatable bonds is 2. The van der Waals surface area contributed by atoms with Gasteiger partial charge in [0.25, 0.3) is 0 Å². The molecule has 4 rings (SSSR count). The summed E-state index contributed by atoms with van der Waals surface area (Å²) in [4.78, 5) is 25.9. The van der Waals surface area contributed by atoms with Crippen molar-refractivity contribution in [3.8, 4) is 0 Å². The molecule has 0 atom stereocenters. The van der Waals surface area contributed by atoms with Crippen LogP contribution in [-0.4, -0.2) is 27.4 Å². The third-order valence-corrected chi connectivity index (χ3v) is 4.17. The minimum atomic E-state index is -0.375. The van der Waals surface area contributed by atoms with Crippen molar-refractivity contribution in [2.75, 3.05) is 16.8 Å². The average molecular weight is 325 g/mol. The molecule has 6 nitrogen and oxygen atoms in total. The molecule has 24 heavy (non-hydrogen) atoms. The van der Waals surface area contributed by atoms with Gasteiger partial charge in [-0.25, -0.2) is 14.4 Å². The van der Waals surface area contributed by atoms with E-state index in [4.69, 9.17) is 0 Å². The number of hydrogen-bond acceptors (Lipinski definition) is 4. The van der Waals surface area contributed by atoms with Crippen LogP contribution in [0.2, 0.25) is 0 Å². The number of imidazole rings is 1. The molecule has 0 unspecified atom stereocenters. The quantitative estimate of drug-likeness (QED) is 0.760. The summed E-state index contributed by atoms with van der Waals surface area (Å²) in [6.45, 7) is 3.02. The fourth-order valence-electron chi connectivity index (χ4n) is 2.96. The van der Waals surface area contributed by atoms with Crippen molar-refractivity contribution >= 4 is 28.4 Å². The summed E-state index contributed by atoms with van der Waals surface area (Å²) in [5.41, 5.74) is 3.94. The lowest BCUT2D eigenvalue weighted by Crippen LogP contribution is -2.24. The third kappa shape index (κ3) is 2.58. The maximum Gasteiger partial charge on any atom is 0.226 e. The molecule has 0 aliphatic carbocycles. The number of aryl methyl sites for hydroxylation is 1. The highest BCUT2D eigenvalue weighted by Crippen LogP contribution is 2.30. The molecule has 0 bridgehead atoms. The van der Waals surface area contributed by atoms with Gasteiger partial charge in [-0.05, 0) is 36.8 Å². The highest BCUT2D eigenvalue weighted by Gasteiger charge is 2.21. The molecular formula is C17H16FN5O. The largest absolute Gasteiger partial charge is 0.362 e. The number of carbonyl (C=O) groups is 1. The Morgan fingerprint density at radius 1 is 1.33 bits per heavy atom. The van der Waals surface area contributed by atoms with Crippen LogP contribution >= 0.6 is 0 Å². The third-order valence-electron chi connectivity index (χ3n) is 4.17. The Labute approximate surface area is 137 Å². The lowest BCUT2D eigenvalue weighted by atomic mass is 10.2. The maximum atomic E-state index is 13.5. The van der Waals surface area contributed by atoms with E-state index in [1.165, 1.54) is 12.1 Å². The number of hydrogen-bond donors (Lipinski definition) is 2. The van der Waals surface area contributed by atoms with Gasteiger partial charge in [-0.2, -0.15) is 0 Å². The Morgan fingerprint density at radius 3 is 3.04 bits per heavy atom. The molecule has 1 aliphatic heterocycles. The van der Waals surface area contributed by atoms with Gasteiger partial charge in [0.15, 0.2) is 5.65 Å². The first-order valence-electron chi connectivity index (χ1n) is 7.75. The van der Waals surface area contributed by atoms with Crippen molar-refractivity contribution < 1.29 is 9.18 Å². The number of carbonyl (C=O) groups excluding carboxylic acids is 1. The molecule has 0 saturated heterocycles. The van der Waals surface area contributed by atoms with Crippen molar-refractivity contribution in [1.82, 2.24) is 15.0 Å². The number of halogens is 1. The lowest BCUT2D eigenvalue weighted by Gasteiger charge is -2.23. The van der Waals surface area contributed by atoms with Crippen LogP contribution in [0.5, 0.6) is 0 Å². The second-order valence-electron chi connectivity index (χ2n) is 5.89. The molecule has 2 aromatic heterocycles. The van der Waals surface area contributed by atoms with E-state index in [1.807, 2.05) is 17.9 Å². The van der Waals surface area contributed by atoms with E-state index in [0.717, 1.165) is 22.6 Å². The summed E-state index contributed by atoms with van der Waals surface area (Å²) in [6.07, 6.45) is 2.07. The monoisotopic (exact) mass is 325 g/mol. The molecule has 0 radical (unpaired) electrons. The van der Waals surface area contributed by atoms with Crippen molar-refractivity contribution in [1.29, 1.82) is 0 Å². The number of nitrogens with one attached hydrogen (secondary N) is 2. The molecule has 7 heteroatoms. The fourth-order valence-corrected chi connectivity index (χ4v) is 2.96. The SMILES string of the molecule is Cc1ccnc2nc(CN3CCC(=O)Nc4cc(F)ccc43)[nH]c12. The number of aromatic amines is 1. The standard InChI is InChI=1S/C17H16FN5O/c1-10-4-6-19-17-16(10)21-14(22-17)9-23-7-5-15(24)20-12-8-11(18)2-3-13(12)23/h2-4,6,8H,5,7,9H2,1H3,(H,20,24)(H,19,21,22). The maximum absolute atomic E-state index is 13.5. The van der Waals surface area contributed by atoms with Crippen LogP contribution < -0.4 is 10.2 Å². The molecule has 1 amide bonds. The van der Waals surface area contributed by atoms with Crippen LogP contribution in [0.25, 0.3) is 11.2 Å². The normalized spacial score (nSPS) is 14.4. The van der Waals surface area contributed by atoms with E-state index in [0.29, 0.717) is 30.8 Å². The Hall–Kier alpha value is -2.96. The van der Waals surface area contributed by atoms with E-state index in [2.05, 4.69) is 20.3 Å². The van der Waals surface area contributed by atoms with Crippen LogP contribution in [0.15, 0.2) is 30.5 Å². The van der Waals surface area contributed by atoms with Gasteiger partial charge in [-0.15, -0.1) is 0 Å². The van der Waals surface area contributed by atoms with Crippen molar-refractivity contribution in [3.63, 3.8) is 0 Å². The zero-order valence-corrected chi connectivity index (χ0v) is 13.1. The fraction of sp³-hybridized carbons (Fsp3) is 0.235. The molecule has 122 valence electrons. The molecule has 3 heterocycles. The van der Waals surface area contributed by atoms with E-state index >= 15 is 0 Å². The average Bonchev–Trinajstić information content (AvgIpc) is 2.89. The summed E-state index contributed by atoms with van der Waals surface area (Å²) < 4.78 is 13.5. The summed E-state index contributed by atoms with van der Waals surface area (Å²) in [5, 5.41) is 2.75. The molecule has 0 saturated carbocycles. The van der Waals surface area contributed by atoms with Crippen LogP contribution in [0.1, 0.15) is 17.8 Å². The van der Waals surface area contributed by atoms with Gasteiger partial charge in [0.2, 0.25) is 5.91 Å². The van der Waals surface area contributed by atoms with Crippen molar-refractivity contribution in [2.24, 2.45) is 0 Å². The summed E-state index contributed by atoms with van der Waals surface area (Å²) in [5.74, 6) is 0.266. The molecular weight excluding hydrogens is 309 g/mol. The molecule has 0 fully saturated rings. The van der Waals surface area contributed by atoms with Crippen molar-refractivity contribution in [2.45, 2.75) is 19.9 Å². The van der Waals surface area contributed by atoms with Gasteiger partial charge >= 0.3 is 0 Å². The zero-order valence-electron chi connectivity index (χ0n) is 13.1. The van der Waals surface area contributed by atoms with Gasteiger partial charge < -0.3 is 15.2 Å². The van der Waals surface area contributed by atoms with E-state index in [9.17, 15) is 9.18 Å². The van der Waals surface area contributed by atoms with Crippen molar-refractivity contribution in [3.05, 3.63) is 47.7 Å². The highest BCUT2D eigenvalue weighted by molar-refractivity contribution is 5.96. The molecule has 0 spiro atoms. The smallest absolute Gasteiger partial charge is 0.226 e. The first-order valence-corrected chi connectivity index (χ1v) is 7.75. The number of H-pyrrole nitrogens is 1. The van der Waals surface area contributed by atoms with Gasteiger partial charge in [0, 0.05) is 19.2 Å². The number of aromatic nitrogens is 3. The van der Waals surface area contributed by atoms with Crippen LogP contribution in [0.4, 0.5) is 15.8 Å². The Balaban J connectivity index is 1.70. The van der Waals surface area contributed by atoms with Crippen LogP contribution in [0, 0.1) is 12.7 Å². The molecule has 1 aliphatic rings. The van der Waals surface area contributed by atoms with Crippen LogP contribution in [0.3, 0.4) is 0 Å². The Kier molecular flexibility index (Phi) is 3.41. The number of anilines is 2.